The first-order valence-electron chi connectivity index (χ1n) is 5.41. The van der Waals surface area contributed by atoms with Gasteiger partial charge in [0.05, 0.1) is 4.92 Å². The summed E-state index contributed by atoms with van der Waals surface area (Å²) in [6, 6.07) is 3.44. The molecule has 9 nitrogen and oxygen atoms in total. The van der Waals surface area contributed by atoms with E-state index in [4.69, 9.17) is 14.4 Å². The molecule has 0 saturated carbocycles. The van der Waals surface area contributed by atoms with Crippen LogP contribution in [0.4, 0.5) is 5.69 Å². The third-order valence-corrected chi connectivity index (χ3v) is 2.33. The molecule has 1 N–H and O–H groups in total. The number of hydrogen-bond donors (Lipinski definition) is 1. The Kier molecular flexibility index (Phi) is 3.60. The van der Waals surface area contributed by atoms with Gasteiger partial charge in [-0.25, -0.2) is 4.79 Å². The zero-order valence-corrected chi connectivity index (χ0v) is 10.3. The zero-order chi connectivity index (χ0) is 14.7. The van der Waals surface area contributed by atoms with Gasteiger partial charge in [-0.15, -0.1) is 0 Å². The molecule has 0 amide bonds. The summed E-state index contributed by atoms with van der Waals surface area (Å²) in [5.74, 6) is -0.587. The van der Waals surface area contributed by atoms with Crippen molar-refractivity contribution in [3.05, 3.63) is 45.6 Å². The minimum Gasteiger partial charge on any atom is -0.484 e. The van der Waals surface area contributed by atoms with Crippen LogP contribution in [0.3, 0.4) is 0 Å². The molecule has 0 spiro atoms. The lowest BCUT2D eigenvalue weighted by Gasteiger charge is -2.04. The number of nitro benzene ring substituents is 1. The molecule has 9 heteroatoms. The fraction of sp³-hybridized carbons (Fsp3) is 0.182. The molecule has 2 aromatic rings. The zero-order valence-electron chi connectivity index (χ0n) is 10.3. The fourth-order valence-corrected chi connectivity index (χ4v) is 1.48. The number of aryl methyl sites for hydroxylation is 1. The van der Waals surface area contributed by atoms with Gasteiger partial charge in [-0.1, -0.05) is 5.16 Å². The normalized spacial score (nSPS) is 10.2. The van der Waals surface area contributed by atoms with E-state index in [9.17, 15) is 14.9 Å². The average Bonchev–Trinajstić information content (AvgIpc) is 2.81. The molecule has 2 rings (SSSR count). The van der Waals surface area contributed by atoms with E-state index in [2.05, 4.69) is 10.1 Å². The van der Waals surface area contributed by atoms with Crippen molar-refractivity contribution in [2.75, 3.05) is 0 Å². The number of carboxylic acid groups (broad SMARTS) is 1. The molecule has 1 aromatic heterocycles. The van der Waals surface area contributed by atoms with E-state index in [1.807, 2.05) is 0 Å². The molecule has 0 unspecified atom stereocenters. The van der Waals surface area contributed by atoms with Gasteiger partial charge in [0.2, 0.25) is 0 Å². The smallest absolute Gasteiger partial charge is 0.342 e. The van der Waals surface area contributed by atoms with Crippen LogP contribution in [0.25, 0.3) is 0 Å². The Bertz CT molecular complexity index is 666. The third-order valence-electron chi connectivity index (χ3n) is 2.33. The number of aromatic nitrogens is 2. The molecule has 0 aliphatic carbocycles. The molecule has 0 aliphatic heterocycles. The van der Waals surface area contributed by atoms with Crippen molar-refractivity contribution in [3.8, 4) is 5.75 Å². The highest BCUT2D eigenvalue weighted by Crippen LogP contribution is 2.24. The number of carbonyl (C=O) groups is 1. The third kappa shape index (κ3) is 2.88. The van der Waals surface area contributed by atoms with Gasteiger partial charge in [-0.2, -0.15) is 4.98 Å². The molecule has 1 heterocycles. The Hall–Kier alpha value is -2.97. The van der Waals surface area contributed by atoms with Gasteiger partial charge in [0.25, 0.3) is 11.6 Å². The summed E-state index contributed by atoms with van der Waals surface area (Å²) < 4.78 is 10.1. The van der Waals surface area contributed by atoms with E-state index in [-0.39, 0.29) is 18.2 Å². The highest BCUT2D eigenvalue weighted by atomic mass is 16.6. The summed E-state index contributed by atoms with van der Waals surface area (Å²) in [6.07, 6.45) is 0. The Morgan fingerprint density at radius 2 is 2.30 bits per heavy atom. The predicted molar refractivity (Wildman–Crippen MR) is 63.4 cm³/mol. The minimum atomic E-state index is -1.41. The highest BCUT2D eigenvalue weighted by Gasteiger charge is 2.20. The lowest BCUT2D eigenvalue weighted by atomic mass is 10.1. The molecule has 0 saturated heterocycles. The Morgan fingerprint density at radius 3 is 2.85 bits per heavy atom. The molecule has 0 bridgehead atoms. The minimum absolute atomic E-state index is 0.0578. The number of ether oxygens (including phenoxy) is 1. The highest BCUT2D eigenvalue weighted by molar-refractivity contribution is 5.92. The largest absolute Gasteiger partial charge is 0.484 e. The van der Waals surface area contributed by atoms with Crippen LogP contribution in [0.5, 0.6) is 5.75 Å². The second-order valence-corrected chi connectivity index (χ2v) is 3.77. The number of aromatic carboxylic acids is 1. The summed E-state index contributed by atoms with van der Waals surface area (Å²) in [7, 11) is 0. The molecule has 0 fully saturated rings. The molecule has 20 heavy (non-hydrogen) atoms. The van der Waals surface area contributed by atoms with E-state index < -0.39 is 22.1 Å². The van der Waals surface area contributed by atoms with Crippen LogP contribution in [0.15, 0.2) is 22.7 Å². The summed E-state index contributed by atoms with van der Waals surface area (Å²) in [6.45, 7) is 1.58. The van der Waals surface area contributed by atoms with E-state index in [1.54, 1.807) is 6.92 Å². The van der Waals surface area contributed by atoms with Crippen molar-refractivity contribution in [1.82, 2.24) is 10.1 Å². The Balaban J connectivity index is 2.18. The molecule has 104 valence electrons. The van der Waals surface area contributed by atoms with Crippen LogP contribution >= 0.6 is 0 Å². The maximum absolute atomic E-state index is 11.0. The van der Waals surface area contributed by atoms with Gasteiger partial charge in [0.15, 0.2) is 12.4 Å². The quantitative estimate of drug-likeness (QED) is 0.644. The maximum Gasteiger partial charge on any atom is 0.342 e. The van der Waals surface area contributed by atoms with Crippen molar-refractivity contribution < 1.29 is 24.1 Å². The number of benzene rings is 1. The van der Waals surface area contributed by atoms with Crippen LogP contribution in [0, 0.1) is 17.0 Å². The van der Waals surface area contributed by atoms with Crippen LogP contribution < -0.4 is 4.74 Å². The number of nitro groups is 1. The first-order valence-corrected chi connectivity index (χ1v) is 5.41. The van der Waals surface area contributed by atoms with E-state index in [0.29, 0.717) is 5.82 Å². The summed E-state index contributed by atoms with van der Waals surface area (Å²) >= 11 is 0. The predicted octanol–water partition coefficient (Wildman–Crippen LogP) is 1.56. The summed E-state index contributed by atoms with van der Waals surface area (Å²) in [5, 5.41) is 23.2. The maximum atomic E-state index is 11.0. The molecular weight excluding hydrogens is 270 g/mol. The monoisotopic (exact) mass is 279 g/mol. The van der Waals surface area contributed by atoms with Crippen molar-refractivity contribution in [3.63, 3.8) is 0 Å². The summed E-state index contributed by atoms with van der Waals surface area (Å²) in [4.78, 5) is 24.8. The van der Waals surface area contributed by atoms with Crippen LogP contribution in [0.2, 0.25) is 0 Å². The van der Waals surface area contributed by atoms with Crippen molar-refractivity contribution >= 4 is 11.7 Å². The van der Waals surface area contributed by atoms with Crippen molar-refractivity contribution in [1.29, 1.82) is 0 Å². The number of carboxylic acids is 1. The number of rotatable bonds is 5. The SMILES string of the molecule is Cc1noc(COc2ccc([N+](=O)[O-])c(C(=O)O)c2)n1. The number of hydrogen-bond acceptors (Lipinski definition) is 7. The van der Waals surface area contributed by atoms with E-state index in [1.165, 1.54) is 6.07 Å². The van der Waals surface area contributed by atoms with Gasteiger partial charge in [0.1, 0.15) is 11.3 Å². The van der Waals surface area contributed by atoms with Crippen LogP contribution in [-0.4, -0.2) is 26.1 Å². The summed E-state index contributed by atoms with van der Waals surface area (Å²) in [5.41, 5.74) is -0.951. The fourth-order valence-electron chi connectivity index (χ4n) is 1.48. The molecule has 1 aromatic carbocycles. The van der Waals surface area contributed by atoms with Gasteiger partial charge < -0.3 is 14.4 Å². The van der Waals surface area contributed by atoms with Crippen molar-refractivity contribution in [2.45, 2.75) is 13.5 Å². The van der Waals surface area contributed by atoms with Crippen LogP contribution in [0.1, 0.15) is 22.1 Å². The molecular formula is C11H9N3O6. The lowest BCUT2D eigenvalue weighted by molar-refractivity contribution is -0.385. The first-order chi connectivity index (χ1) is 9.47. The van der Waals surface area contributed by atoms with Gasteiger partial charge in [-0.05, 0) is 13.0 Å². The van der Waals surface area contributed by atoms with E-state index >= 15 is 0 Å². The van der Waals surface area contributed by atoms with Gasteiger partial charge >= 0.3 is 5.97 Å². The topological polar surface area (TPSA) is 129 Å². The first kappa shape index (κ1) is 13.5. The standard InChI is InChI=1S/C11H9N3O6/c1-6-12-10(20-13-6)5-19-7-2-3-9(14(17)18)8(4-7)11(15)16/h2-4H,5H2,1H3,(H,15,16). The lowest BCUT2D eigenvalue weighted by Crippen LogP contribution is -2.04. The molecule has 0 aliphatic rings. The molecule has 0 radical (unpaired) electrons. The van der Waals surface area contributed by atoms with Crippen molar-refractivity contribution in [2.24, 2.45) is 0 Å². The van der Waals surface area contributed by atoms with Gasteiger partial charge in [0, 0.05) is 12.1 Å². The number of nitrogens with zero attached hydrogens (tertiary/aromatic N) is 3. The van der Waals surface area contributed by atoms with Crippen LogP contribution in [-0.2, 0) is 6.61 Å². The second-order valence-electron chi connectivity index (χ2n) is 3.77. The second kappa shape index (κ2) is 5.34. The average molecular weight is 279 g/mol. The Morgan fingerprint density at radius 1 is 1.55 bits per heavy atom. The van der Waals surface area contributed by atoms with Gasteiger partial charge in [-0.3, -0.25) is 10.1 Å². The Labute approximate surface area is 111 Å². The van der Waals surface area contributed by atoms with E-state index in [0.717, 1.165) is 12.1 Å². The molecule has 0 atom stereocenters.